The van der Waals surface area contributed by atoms with Gasteiger partial charge in [-0.15, -0.1) is 23.2 Å². The Bertz CT molecular complexity index is 503. The van der Waals surface area contributed by atoms with E-state index in [1.807, 2.05) is 31.2 Å². The van der Waals surface area contributed by atoms with Crippen LogP contribution in [-0.4, -0.2) is 16.3 Å². The van der Waals surface area contributed by atoms with Crippen molar-refractivity contribution in [3.8, 4) is 0 Å². The zero-order chi connectivity index (χ0) is 14.3. The second-order valence-electron chi connectivity index (χ2n) is 5.38. The van der Waals surface area contributed by atoms with Crippen LogP contribution >= 0.6 is 34.8 Å². The topological polar surface area (TPSA) is 29.1 Å². The molecule has 0 bridgehead atoms. The molecule has 104 valence electrons. The van der Waals surface area contributed by atoms with E-state index in [0.717, 1.165) is 5.56 Å². The molecule has 0 saturated heterocycles. The molecular formula is C14H16Cl3NO. The Kier molecular flexibility index (Phi) is 4.06. The Labute approximate surface area is 128 Å². The van der Waals surface area contributed by atoms with Crippen LogP contribution in [0, 0.1) is 5.41 Å². The third kappa shape index (κ3) is 3.01. The lowest BCUT2D eigenvalue weighted by atomic mass is 10.0. The zero-order valence-electron chi connectivity index (χ0n) is 10.8. The summed E-state index contributed by atoms with van der Waals surface area (Å²) >= 11 is 18.1. The number of amides is 1. The van der Waals surface area contributed by atoms with Gasteiger partial charge in [-0.25, -0.2) is 0 Å². The third-order valence-electron chi connectivity index (χ3n) is 3.62. The maximum atomic E-state index is 12.1. The van der Waals surface area contributed by atoms with Crippen molar-refractivity contribution in [3.63, 3.8) is 0 Å². The van der Waals surface area contributed by atoms with Crippen LogP contribution in [0.4, 0.5) is 0 Å². The monoisotopic (exact) mass is 319 g/mol. The van der Waals surface area contributed by atoms with E-state index in [9.17, 15) is 4.79 Å². The number of hydrogen-bond donors (Lipinski definition) is 1. The van der Waals surface area contributed by atoms with E-state index >= 15 is 0 Å². The van der Waals surface area contributed by atoms with Crippen molar-refractivity contribution in [3.05, 3.63) is 34.9 Å². The van der Waals surface area contributed by atoms with Crippen LogP contribution in [0.1, 0.15) is 25.8 Å². The van der Waals surface area contributed by atoms with Crippen LogP contribution in [0.2, 0.25) is 5.02 Å². The Morgan fingerprint density at radius 2 is 2.00 bits per heavy atom. The van der Waals surface area contributed by atoms with Gasteiger partial charge >= 0.3 is 0 Å². The molecule has 0 aliphatic heterocycles. The normalized spacial score (nSPS) is 25.7. The summed E-state index contributed by atoms with van der Waals surface area (Å²) in [4.78, 5) is 12.1. The van der Waals surface area contributed by atoms with Gasteiger partial charge in [0, 0.05) is 11.1 Å². The van der Waals surface area contributed by atoms with Crippen LogP contribution in [0.15, 0.2) is 24.3 Å². The largest absolute Gasteiger partial charge is 0.353 e. The first kappa shape index (κ1) is 15.0. The van der Waals surface area contributed by atoms with Gasteiger partial charge in [0.25, 0.3) is 0 Å². The smallest absolute Gasteiger partial charge is 0.229 e. The van der Waals surface area contributed by atoms with Crippen molar-refractivity contribution < 1.29 is 4.79 Å². The molecular weight excluding hydrogens is 305 g/mol. The first-order valence-corrected chi connectivity index (χ1v) is 7.32. The molecule has 1 N–H and O–H groups in total. The Morgan fingerprint density at radius 1 is 1.42 bits per heavy atom. The second kappa shape index (κ2) is 5.16. The Hall–Kier alpha value is -0.440. The van der Waals surface area contributed by atoms with E-state index in [1.54, 1.807) is 6.92 Å². The molecule has 19 heavy (non-hydrogen) atoms. The number of rotatable bonds is 4. The SMILES string of the molecule is C[C@H](Cc1ccccc1Cl)NC(=O)[C@@]1(C)CC1(Cl)Cl. The third-order valence-corrected chi connectivity index (χ3v) is 5.09. The van der Waals surface area contributed by atoms with Crippen LogP contribution in [-0.2, 0) is 11.2 Å². The van der Waals surface area contributed by atoms with Crippen molar-refractivity contribution in [1.82, 2.24) is 5.32 Å². The zero-order valence-corrected chi connectivity index (χ0v) is 13.1. The number of hydrogen-bond acceptors (Lipinski definition) is 1. The summed E-state index contributed by atoms with van der Waals surface area (Å²) in [6.07, 6.45) is 1.17. The summed E-state index contributed by atoms with van der Waals surface area (Å²) in [5.41, 5.74) is 0.339. The predicted octanol–water partition coefficient (Wildman–Crippen LogP) is 3.97. The van der Waals surface area contributed by atoms with Gasteiger partial charge < -0.3 is 5.32 Å². The standard InChI is InChI=1S/C14H16Cl3NO/c1-9(7-10-5-3-4-6-11(10)15)18-12(19)13(2)8-14(13,16)17/h3-6,9H,7-8H2,1-2H3,(H,18,19)/t9-,13-/m1/s1. The molecule has 5 heteroatoms. The van der Waals surface area contributed by atoms with Gasteiger partial charge in [-0.05, 0) is 38.3 Å². The lowest BCUT2D eigenvalue weighted by Crippen LogP contribution is -2.40. The molecule has 2 nitrogen and oxygen atoms in total. The maximum Gasteiger partial charge on any atom is 0.229 e. The molecule has 2 rings (SSSR count). The van der Waals surface area contributed by atoms with Gasteiger partial charge in [0.15, 0.2) is 0 Å². The lowest BCUT2D eigenvalue weighted by Gasteiger charge is -2.18. The van der Waals surface area contributed by atoms with E-state index in [2.05, 4.69) is 5.32 Å². The van der Waals surface area contributed by atoms with Crippen LogP contribution < -0.4 is 5.32 Å². The number of alkyl halides is 2. The molecule has 1 saturated carbocycles. The van der Waals surface area contributed by atoms with Crippen molar-refractivity contribution in [2.45, 2.75) is 37.1 Å². The molecule has 2 atom stereocenters. The van der Waals surface area contributed by atoms with Crippen molar-refractivity contribution in [2.75, 3.05) is 0 Å². The van der Waals surface area contributed by atoms with Gasteiger partial charge in [0.2, 0.25) is 5.91 Å². The fraction of sp³-hybridized carbons (Fsp3) is 0.500. The average Bonchev–Trinajstić information content (AvgIpc) is 2.83. The molecule has 1 amide bonds. The van der Waals surface area contributed by atoms with Crippen molar-refractivity contribution in [2.24, 2.45) is 5.41 Å². The molecule has 1 aromatic carbocycles. The van der Waals surface area contributed by atoms with Crippen molar-refractivity contribution in [1.29, 1.82) is 0 Å². The number of nitrogens with one attached hydrogen (secondary N) is 1. The minimum absolute atomic E-state index is 0.0195. The fourth-order valence-corrected chi connectivity index (χ4v) is 2.99. The molecule has 1 aliphatic carbocycles. The maximum absolute atomic E-state index is 12.1. The van der Waals surface area contributed by atoms with E-state index in [0.29, 0.717) is 17.9 Å². The summed E-state index contributed by atoms with van der Waals surface area (Å²) in [6.45, 7) is 3.72. The highest BCUT2D eigenvalue weighted by atomic mass is 35.5. The van der Waals surface area contributed by atoms with Gasteiger partial charge in [-0.1, -0.05) is 29.8 Å². The first-order chi connectivity index (χ1) is 8.76. The highest BCUT2D eigenvalue weighted by Gasteiger charge is 2.67. The molecule has 0 unspecified atom stereocenters. The highest BCUT2D eigenvalue weighted by molar-refractivity contribution is 6.53. The minimum Gasteiger partial charge on any atom is -0.353 e. The summed E-state index contributed by atoms with van der Waals surface area (Å²) in [5, 5.41) is 3.66. The van der Waals surface area contributed by atoms with Gasteiger partial charge in [-0.2, -0.15) is 0 Å². The van der Waals surface area contributed by atoms with Gasteiger partial charge in [0.05, 0.1) is 5.41 Å². The van der Waals surface area contributed by atoms with E-state index in [1.165, 1.54) is 0 Å². The van der Waals surface area contributed by atoms with Gasteiger partial charge in [0.1, 0.15) is 4.33 Å². The highest BCUT2D eigenvalue weighted by Crippen LogP contribution is 2.63. The molecule has 1 fully saturated rings. The summed E-state index contributed by atoms with van der Waals surface area (Å²) in [5.74, 6) is -0.1000. The van der Waals surface area contributed by atoms with E-state index in [-0.39, 0.29) is 11.9 Å². The Balaban J connectivity index is 1.94. The average molecular weight is 321 g/mol. The molecule has 1 aromatic rings. The van der Waals surface area contributed by atoms with Crippen LogP contribution in [0.25, 0.3) is 0 Å². The number of benzene rings is 1. The number of carbonyl (C=O) groups is 1. The van der Waals surface area contributed by atoms with Crippen LogP contribution in [0.5, 0.6) is 0 Å². The summed E-state index contributed by atoms with van der Waals surface area (Å²) in [7, 11) is 0. The lowest BCUT2D eigenvalue weighted by molar-refractivity contribution is -0.126. The van der Waals surface area contributed by atoms with Crippen molar-refractivity contribution >= 4 is 40.7 Å². The summed E-state index contributed by atoms with van der Waals surface area (Å²) < 4.78 is -0.929. The molecule has 0 spiro atoms. The Morgan fingerprint density at radius 3 is 2.53 bits per heavy atom. The number of carbonyl (C=O) groups excluding carboxylic acids is 1. The number of halogens is 3. The molecule has 0 heterocycles. The fourth-order valence-electron chi connectivity index (χ4n) is 2.07. The van der Waals surface area contributed by atoms with E-state index in [4.69, 9.17) is 34.8 Å². The summed E-state index contributed by atoms with van der Waals surface area (Å²) in [6, 6.07) is 7.60. The van der Waals surface area contributed by atoms with E-state index < -0.39 is 9.75 Å². The quantitative estimate of drug-likeness (QED) is 0.836. The second-order valence-corrected chi connectivity index (χ2v) is 7.27. The minimum atomic E-state index is -0.929. The predicted molar refractivity (Wildman–Crippen MR) is 79.9 cm³/mol. The van der Waals surface area contributed by atoms with Gasteiger partial charge in [-0.3, -0.25) is 4.79 Å². The molecule has 0 radical (unpaired) electrons. The first-order valence-electron chi connectivity index (χ1n) is 6.18. The molecule has 0 aromatic heterocycles. The molecule has 1 aliphatic rings. The van der Waals surface area contributed by atoms with Crippen LogP contribution in [0.3, 0.4) is 0 Å².